The highest BCUT2D eigenvalue weighted by molar-refractivity contribution is 6.05. The monoisotopic (exact) mass is 472 g/mol. The Hall–Kier alpha value is -3.71. The number of benzene rings is 2. The second-order valence-corrected chi connectivity index (χ2v) is 8.88. The molecule has 1 aliphatic rings. The van der Waals surface area contributed by atoms with Gasteiger partial charge < -0.3 is 15.4 Å². The molecular formula is C28H32N4O3. The molecule has 35 heavy (non-hydrogen) atoms. The summed E-state index contributed by atoms with van der Waals surface area (Å²) in [7, 11) is 0. The molecule has 0 saturated heterocycles. The third-order valence-corrected chi connectivity index (χ3v) is 5.91. The van der Waals surface area contributed by atoms with E-state index in [2.05, 4.69) is 20.5 Å². The number of anilines is 1. The molecule has 0 spiro atoms. The van der Waals surface area contributed by atoms with Gasteiger partial charge in [-0.15, -0.1) is 0 Å². The number of carbonyl (C=O) groups excluding carboxylic acids is 2. The smallest absolute Gasteiger partial charge is 0.256 e. The van der Waals surface area contributed by atoms with Crippen LogP contribution < -0.4 is 15.4 Å². The lowest BCUT2D eigenvalue weighted by Gasteiger charge is -2.24. The molecule has 2 amide bonds. The topological polar surface area (TPSA) is 83.6 Å². The molecule has 7 heteroatoms. The molecule has 2 heterocycles. The molecule has 182 valence electrons. The van der Waals surface area contributed by atoms with Crippen LogP contribution in [0.25, 0.3) is 0 Å². The summed E-state index contributed by atoms with van der Waals surface area (Å²) in [6, 6.07) is 17.5. The van der Waals surface area contributed by atoms with E-state index in [9.17, 15) is 9.59 Å². The molecule has 3 aromatic rings. The summed E-state index contributed by atoms with van der Waals surface area (Å²) in [4.78, 5) is 32.3. The molecule has 1 aliphatic heterocycles. The second kappa shape index (κ2) is 12.1. The first-order chi connectivity index (χ1) is 17.1. The van der Waals surface area contributed by atoms with Crippen molar-refractivity contribution in [2.75, 3.05) is 25.0 Å². The third-order valence-electron chi connectivity index (χ3n) is 5.91. The fourth-order valence-electron chi connectivity index (χ4n) is 4.20. The second-order valence-electron chi connectivity index (χ2n) is 8.88. The highest BCUT2D eigenvalue weighted by Crippen LogP contribution is 2.27. The van der Waals surface area contributed by atoms with Gasteiger partial charge in [-0.3, -0.25) is 19.5 Å². The highest BCUT2D eigenvalue weighted by Gasteiger charge is 2.21. The molecule has 0 saturated carbocycles. The minimum Gasteiger partial charge on any atom is -0.493 e. The molecule has 2 aromatic carbocycles. The number of ether oxygens (including phenoxy) is 1. The van der Waals surface area contributed by atoms with E-state index in [4.69, 9.17) is 4.74 Å². The molecule has 0 atom stereocenters. The van der Waals surface area contributed by atoms with Crippen LogP contribution in [0.1, 0.15) is 46.3 Å². The van der Waals surface area contributed by atoms with Crippen molar-refractivity contribution in [2.45, 2.75) is 39.3 Å². The minimum absolute atomic E-state index is 0.0181. The van der Waals surface area contributed by atoms with E-state index in [0.717, 1.165) is 36.0 Å². The van der Waals surface area contributed by atoms with Gasteiger partial charge in [-0.2, -0.15) is 0 Å². The van der Waals surface area contributed by atoms with Crippen LogP contribution in [0.4, 0.5) is 5.69 Å². The van der Waals surface area contributed by atoms with Crippen molar-refractivity contribution < 1.29 is 14.3 Å². The zero-order valence-electron chi connectivity index (χ0n) is 20.1. The van der Waals surface area contributed by atoms with Crippen LogP contribution in [0.5, 0.6) is 5.75 Å². The van der Waals surface area contributed by atoms with E-state index >= 15 is 0 Å². The van der Waals surface area contributed by atoms with Gasteiger partial charge in [-0.25, -0.2) is 0 Å². The molecule has 7 nitrogen and oxygen atoms in total. The van der Waals surface area contributed by atoms with Crippen molar-refractivity contribution >= 4 is 17.5 Å². The zero-order valence-corrected chi connectivity index (χ0v) is 20.1. The van der Waals surface area contributed by atoms with Gasteiger partial charge in [0, 0.05) is 37.0 Å². The maximum atomic E-state index is 13.4. The Balaban J connectivity index is 1.66. The average molecular weight is 473 g/mol. The fraction of sp³-hybridized carbons (Fsp3) is 0.321. The third kappa shape index (κ3) is 7.13. The molecule has 1 aromatic heterocycles. The number of aryl methyl sites for hydroxylation is 1. The number of amides is 2. The maximum Gasteiger partial charge on any atom is 0.256 e. The Morgan fingerprint density at radius 1 is 1.06 bits per heavy atom. The van der Waals surface area contributed by atoms with E-state index < -0.39 is 0 Å². The minimum atomic E-state index is -0.230. The lowest BCUT2D eigenvalue weighted by Crippen LogP contribution is -2.37. The van der Waals surface area contributed by atoms with Gasteiger partial charge in [0.25, 0.3) is 5.91 Å². The van der Waals surface area contributed by atoms with Crippen LogP contribution in [0.2, 0.25) is 0 Å². The molecule has 0 bridgehead atoms. The largest absolute Gasteiger partial charge is 0.493 e. The maximum absolute atomic E-state index is 13.4. The van der Waals surface area contributed by atoms with Crippen molar-refractivity contribution in [1.29, 1.82) is 0 Å². The quantitative estimate of drug-likeness (QED) is 0.591. The van der Waals surface area contributed by atoms with Crippen molar-refractivity contribution in [1.82, 2.24) is 15.2 Å². The fourth-order valence-corrected chi connectivity index (χ4v) is 4.20. The summed E-state index contributed by atoms with van der Waals surface area (Å²) in [6.07, 6.45) is 6.13. The lowest BCUT2D eigenvalue weighted by atomic mass is 10.0. The summed E-state index contributed by atoms with van der Waals surface area (Å²) in [5.41, 5.74) is 4.00. The molecule has 4 rings (SSSR count). The predicted octanol–water partition coefficient (Wildman–Crippen LogP) is 4.32. The lowest BCUT2D eigenvalue weighted by molar-refractivity contribution is -0.122. The SMILES string of the molecule is Cc1cncc(NC(=O)c2cccc3c2CN(Cc2ccccc2)CC(=O)NCCCCCO3)c1. The first kappa shape index (κ1) is 24.4. The van der Waals surface area contributed by atoms with Crippen LogP contribution in [-0.4, -0.2) is 41.4 Å². The Morgan fingerprint density at radius 3 is 2.74 bits per heavy atom. The van der Waals surface area contributed by atoms with Crippen LogP contribution >= 0.6 is 0 Å². The average Bonchev–Trinajstić information content (AvgIpc) is 2.85. The summed E-state index contributed by atoms with van der Waals surface area (Å²) in [5, 5.41) is 5.99. The Labute approximate surface area is 206 Å². The molecule has 0 fully saturated rings. The standard InChI is InChI=1S/C28H32N4O3/c1-21-15-23(17-29-16-21)31-28(34)24-11-8-12-26-25(24)19-32(18-22-9-4-2-5-10-22)20-27(33)30-13-6-3-7-14-35-26/h2,4-5,8-12,15-17H,3,6-7,13-14,18-20H2,1H3,(H,30,33)(H,31,34). The van der Waals surface area contributed by atoms with E-state index in [0.29, 0.717) is 43.2 Å². The Kier molecular flexibility index (Phi) is 8.46. The number of carbonyl (C=O) groups is 2. The number of nitrogens with zero attached hydrogens (tertiary/aromatic N) is 2. The van der Waals surface area contributed by atoms with E-state index in [1.165, 1.54) is 0 Å². The van der Waals surface area contributed by atoms with Gasteiger partial charge in [-0.05, 0) is 55.5 Å². The zero-order chi connectivity index (χ0) is 24.5. The number of aromatic nitrogens is 1. The first-order valence-electron chi connectivity index (χ1n) is 12.1. The van der Waals surface area contributed by atoms with Gasteiger partial charge in [-0.1, -0.05) is 36.4 Å². The van der Waals surface area contributed by atoms with Gasteiger partial charge in [0.05, 0.1) is 25.0 Å². The summed E-state index contributed by atoms with van der Waals surface area (Å²) in [6.45, 7) is 4.35. The van der Waals surface area contributed by atoms with Gasteiger partial charge in [0.1, 0.15) is 5.75 Å². The number of nitrogens with one attached hydrogen (secondary N) is 2. The molecule has 2 N–H and O–H groups in total. The van der Waals surface area contributed by atoms with E-state index in [-0.39, 0.29) is 18.4 Å². The van der Waals surface area contributed by atoms with Crippen LogP contribution in [0.3, 0.4) is 0 Å². The molecule has 0 radical (unpaired) electrons. The van der Waals surface area contributed by atoms with Crippen LogP contribution in [0, 0.1) is 6.92 Å². The summed E-state index contributed by atoms with van der Waals surface area (Å²) in [5.74, 6) is 0.430. The van der Waals surface area contributed by atoms with Crippen molar-refractivity contribution in [2.24, 2.45) is 0 Å². The molecule has 0 aliphatic carbocycles. The van der Waals surface area contributed by atoms with Crippen LogP contribution in [-0.2, 0) is 17.9 Å². The van der Waals surface area contributed by atoms with Crippen LogP contribution in [0.15, 0.2) is 67.0 Å². The van der Waals surface area contributed by atoms with Crippen molar-refractivity contribution in [3.63, 3.8) is 0 Å². The van der Waals surface area contributed by atoms with E-state index in [1.54, 1.807) is 18.5 Å². The Morgan fingerprint density at radius 2 is 1.91 bits per heavy atom. The first-order valence-corrected chi connectivity index (χ1v) is 12.1. The number of hydrogen-bond acceptors (Lipinski definition) is 5. The highest BCUT2D eigenvalue weighted by atomic mass is 16.5. The predicted molar refractivity (Wildman–Crippen MR) is 136 cm³/mol. The molecule has 0 unspecified atom stereocenters. The summed E-state index contributed by atoms with van der Waals surface area (Å²) < 4.78 is 6.16. The number of fused-ring (bicyclic) bond motifs is 1. The Bertz CT molecular complexity index is 1150. The van der Waals surface area contributed by atoms with Gasteiger partial charge in [0.2, 0.25) is 5.91 Å². The van der Waals surface area contributed by atoms with E-state index in [1.807, 2.05) is 55.5 Å². The molecular weight excluding hydrogens is 440 g/mol. The van der Waals surface area contributed by atoms with Crippen molar-refractivity contribution in [3.8, 4) is 5.75 Å². The summed E-state index contributed by atoms with van der Waals surface area (Å²) >= 11 is 0. The normalized spacial score (nSPS) is 15.4. The van der Waals surface area contributed by atoms with Gasteiger partial charge >= 0.3 is 0 Å². The number of rotatable bonds is 4. The van der Waals surface area contributed by atoms with Crippen molar-refractivity contribution in [3.05, 3.63) is 89.2 Å². The number of hydrogen-bond donors (Lipinski definition) is 2. The number of pyridine rings is 1. The van der Waals surface area contributed by atoms with Gasteiger partial charge in [0.15, 0.2) is 0 Å².